The number of hydrogen-bond donors (Lipinski definition) is 1. The van der Waals surface area contributed by atoms with Crippen molar-refractivity contribution >= 4 is 5.90 Å². The third kappa shape index (κ3) is 3.39. The molecule has 2 nitrogen and oxygen atoms in total. The van der Waals surface area contributed by atoms with Gasteiger partial charge < -0.3 is 4.74 Å². The van der Waals surface area contributed by atoms with Crippen LogP contribution in [0.25, 0.3) is 0 Å². The van der Waals surface area contributed by atoms with Crippen LogP contribution >= 0.6 is 0 Å². The minimum Gasteiger partial charge on any atom is -0.484 e. The Balaban J connectivity index is 2.77. The number of methoxy groups -OCH3 is 1. The highest BCUT2D eigenvalue weighted by Crippen LogP contribution is 2.22. The molecular formula is C13H19NO. The van der Waals surface area contributed by atoms with Crippen molar-refractivity contribution in [3.63, 3.8) is 0 Å². The second kappa shape index (κ2) is 4.47. The summed E-state index contributed by atoms with van der Waals surface area (Å²) >= 11 is 0. The highest BCUT2D eigenvalue weighted by Gasteiger charge is 2.12. The van der Waals surface area contributed by atoms with Gasteiger partial charge in [0.1, 0.15) is 0 Å². The zero-order valence-electron chi connectivity index (χ0n) is 9.92. The molecule has 1 N–H and O–H groups in total. The minimum absolute atomic E-state index is 0.188. The average molecular weight is 205 g/mol. The summed E-state index contributed by atoms with van der Waals surface area (Å²) in [5.41, 5.74) is 2.62. The Bertz CT molecular complexity index is 333. The van der Waals surface area contributed by atoms with Crippen LogP contribution in [0.1, 0.15) is 31.9 Å². The molecule has 15 heavy (non-hydrogen) atoms. The summed E-state index contributed by atoms with van der Waals surface area (Å²) in [7, 11) is 1.53. The van der Waals surface area contributed by atoms with E-state index in [1.54, 1.807) is 0 Å². The average Bonchev–Trinajstić information content (AvgIpc) is 2.17. The highest BCUT2D eigenvalue weighted by atomic mass is 16.5. The van der Waals surface area contributed by atoms with Crippen LogP contribution in [-0.4, -0.2) is 13.0 Å². The van der Waals surface area contributed by atoms with E-state index in [9.17, 15) is 0 Å². The Kier molecular flexibility index (Phi) is 3.51. The summed E-state index contributed by atoms with van der Waals surface area (Å²) in [5.74, 6) is 0.304. The van der Waals surface area contributed by atoms with Gasteiger partial charge in [-0.3, -0.25) is 5.41 Å². The van der Waals surface area contributed by atoms with Crippen molar-refractivity contribution in [1.82, 2.24) is 0 Å². The van der Waals surface area contributed by atoms with Crippen molar-refractivity contribution in [2.24, 2.45) is 0 Å². The van der Waals surface area contributed by atoms with Gasteiger partial charge in [-0.25, -0.2) is 0 Å². The largest absolute Gasteiger partial charge is 0.484 e. The lowest BCUT2D eigenvalue weighted by atomic mass is 9.86. The van der Waals surface area contributed by atoms with Gasteiger partial charge in [0, 0.05) is 6.42 Å². The van der Waals surface area contributed by atoms with E-state index in [0.717, 1.165) is 5.56 Å². The molecule has 82 valence electrons. The van der Waals surface area contributed by atoms with Crippen LogP contribution in [0.3, 0.4) is 0 Å². The Labute approximate surface area is 91.8 Å². The zero-order valence-corrected chi connectivity index (χ0v) is 9.92. The van der Waals surface area contributed by atoms with Crippen LogP contribution < -0.4 is 0 Å². The molecule has 0 spiro atoms. The van der Waals surface area contributed by atoms with Crippen LogP contribution in [0.2, 0.25) is 0 Å². The lowest BCUT2D eigenvalue weighted by Crippen LogP contribution is -2.11. The molecule has 0 aliphatic carbocycles. The number of ether oxygens (including phenoxy) is 1. The number of nitrogens with one attached hydrogen (secondary N) is 1. The van der Waals surface area contributed by atoms with E-state index in [2.05, 4.69) is 45.0 Å². The molecule has 0 bridgehead atoms. The van der Waals surface area contributed by atoms with E-state index < -0.39 is 0 Å². The van der Waals surface area contributed by atoms with E-state index in [1.165, 1.54) is 12.7 Å². The molecule has 0 aromatic heterocycles. The standard InChI is InChI=1S/C13H19NO/c1-13(2,3)11-7-5-10(6-8-11)9-12(14)15-4/h5-8,14H,9H2,1-4H3. The van der Waals surface area contributed by atoms with Gasteiger partial charge in [0.15, 0.2) is 5.90 Å². The van der Waals surface area contributed by atoms with Gasteiger partial charge in [-0.05, 0) is 16.5 Å². The summed E-state index contributed by atoms with van der Waals surface area (Å²) in [6.07, 6.45) is 0.570. The smallest absolute Gasteiger partial charge is 0.184 e. The molecule has 1 rings (SSSR count). The first-order valence-corrected chi connectivity index (χ1v) is 5.14. The quantitative estimate of drug-likeness (QED) is 0.584. The predicted molar refractivity (Wildman–Crippen MR) is 63.6 cm³/mol. The molecule has 0 fully saturated rings. The van der Waals surface area contributed by atoms with Crippen molar-refractivity contribution in [1.29, 1.82) is 5.41 Å². The Morgan fingerprint density at radius 3 is 2.13 bits per heavy atom. The normalized spacial score (nSPS) is 11.2. The molecule has 0 aliphatic heterocycles. The topological polar surface area (TPSA) is 33.1 Å². The number of hydrogen-bond acceptors (Lipinski definition) is 2. The van der Waals surface area contributed by atoms with Gasteiger partial charge in [0.2, 0.25) is 0 Å². The predicted octanol–water partition coefficient (Wildman–Crippen LogP) is 3.15. The minimum atomic E-state index is 0.188. The molecule has 0 saturated carbocycles. The van der Waals surface area contributed by atoms with Gasteiger partial charge in [-0.1, -0.05) is 45.0 Å². The lowest BCUT2D eigenvalue weighted by molar-refractivity contribution is 0.390. The molecule has 0 heterocycles. The van der Waals surface area contributed by atoms with E-state index >= 15 is 0 Å². The van der Waals surface area contributed by atoms with E-state index in [4.69, 9.17) is 10.1 Å². The molecule has 1 aromatic rings. The zero-order chi connectivity index (χ0) is 11.5. The Morgan fingerprint density at radius 1 is 1.20 bits per heavy atom. The van der Waals surface area contributed by atoms with Gasteiger partial charge in [-0.15, -0.1) is 0 Å². The molecule has 1 aromatic carbocycles. The molecule has 0 saturated heterocycles. The molecule has 2 heteroatoms. The highest BCUT2D eigenvalue weighted by molar-refractivity contribution is 5.75. The van der Waals surface area contributed by atoms with Gasteiger partial charge in [-0.2, -0.15) is 0 Å². The summed E-state index contributed by atoms with van der Waals surface area (Å²) < 4.78 is 4.83. The molecule has 0 amide bonds. The van der Waals surface area contributed by atoms with Crippen LogP contribution in [-0.2, 0) is 16.6 Å². The van der Waals surface area contributed by atoms with Crippen LogP contribution in [0, 0.1) is 5.41 Å². The van der Waals surface area contributed by atoms with Crippen LogP contribution in [0.15, 0.2) is 24.3 Å². The first-order chi connectivity index (χ1) is 6.93. The monoisotopic (exact) mass is 205 g/mol. The maximum Gasteiger partial charge on any atom is 0.184 e. The summed E-state index contributed by atoms with van der Waals surface area (Å²) in [6.45, 7) is 6.58. The molecule has 0 atom stereocenters. The molecule has 0 radical (unpaired) electrons. The van der Waals surface area contributed by atoms with Gasteiger partial charge >= 0.3 is 0 Å². The third-order valence-corrected chi connectivity index (χ3v) is 2.43. The molecular weight excluding hydrogens is 186 g/mol. The SMILES string of the molecule is COC(=N)Cc1ccc(C(C)(C)C)cc1. The Hall–Kier alpha value is -1.31. The van der Waals surface area contributed by atoms with Crippen LogP contribution in [0.5, 0.6) is 0 Å². The van der Waals surface area contributed by atoms with Crippen molar-refractivity contribution < 1.29 is 4.74 Å². The lowest BCUT2D eigenvalue weighted by Gasteiger charge is -2.19. The summed E-state index contributed by atoms with van der Waals surface area (Å²) in [5, 5.41) is 7.43. The fourth-order valence-electron chi connectivity index (χ4n) is 1.38. The van der Waals surface area contributed by atoms with Crippen molar-refractivity contribution in [2.75, 3.05) is 7.11 Å². The van der Waals surface area contributed by atoms with E-state index in [0.29, 0.717) is 12.3 Å². The second-order valence-corrected chi connectivity index (χ2v) is 4.75. The van der Waals surface area contributed by atoms with Gasteiger partial charge in [0.25, 0.3) is 0 Å². The van der Waals surface area contributed by atoms with E-state index in [1.807, 2.05) is 0 Å². The summed E-state index contributed by atoms with van der Waals surface area (Å²) in [4.78, 5) is 0. The fourth-order valence-corrected chi connectivity index (χ4v) is 1.38. The molecule has 0 aliphatic rings. The van der Waals surface area contributed by atoms with E-state index in [-0.39, 0.29) is 5.41 Å². The van der Waals surface area contributed by atoms with Crippen molar-refractivity contribution in [2.45, 2.75) is 32.6 Å². The van der Waals surface area contributed by atoms with Crippen LogP contribution in [0.4, 0.5) is 0 Å². The first kappa shape index (κ1) is 11.8. The second-order valence-electron chi connectivity index (χ2n) is 4.75. The maximum absolute atomic E-state index is 7.43. The third-order valence-electron chi connectivity index (χ3n) is 2.43. The van der Waals surface area contributed by atoms with Crippen molar-refractivity contribution in [3.05, 3.63) is 35.4 Å². The fraction of sp³-hybridized carbons (Fsp3) is 0.462. The van der Waals surface area contributed by atoms with Gasteiger partial charge in [0.05, 0.1) is 7.11 Å². The molecule has 0 unspecified atom stereocenters. The maximum atomic E-state index is 7.43. The number of benzene rings is 1. The Morgan fingerprint density at radius 2 is 1.73 bits per heavy atom. The van der Waals surface area contributed by atoms with Crippen molar-refractivity contribution in [3.8, 4) is 0 Å². The first-order valence-electron chi connectivity index (χ1n) is 5.14. The summed E-state index contributed by atoms with van der Waals surface area (Å²) in [6, 6.07) is 8.37. The number of rotatable bonds is 2.